The summed E-state index contributed by atoms with van der Waals surface area (Å²) < 4.78 is 6.57. The minimum absolute atomic E-state index is 0.825. The zero-order valence-corrected chi connectivity index (χ0v) is 14.6. The van der Waals surface area contributed by atoms with Crippen LogP contribution < -0.4 is 0 Å². The first-order valence-corrected chi connectivity index (χ1v) is 8.46. The van der Waals surface area contributed by atoms with Gasteiger partial charge in [0.05, 0.1) is 5.69 Å². The maximum absolute atomic E-state index is 5.52. The Labute approximate surface area is 145 Å². The number of nitrogens with zero attached hydrogens (tertiary/aromatic N) is 1. The Hall–Kier alpha value is -2.13. The second-order valence-corrected chi connectivity index (χ2v) is 6.36. The summed E-state index contributed by atoms with van der Waals surface area (Å²) in [6.45, 7) is 1.97. The van der Waals surface area contributed by atoms with Crippen molar-refractivity contribution in [3.05, 3.63) is 82.0 Å². The zero-order chi connectivity index (χ0) is 16.1. The van der Waals surface area contributed by atoms with Crippen molar-refractivity contribution < 1.29 is 4.52 Å². The highest BCUT2D eigenvalue weighted by Crippen LogP contribution is 2.28. The van der Waals surface area contributed by atoms with Crippen LogP contribution in [0.25, 0.3) is 17.4 Å². The van der Waals surface area contributed by atoms with Gasteiger partial charge in [0.25, 0.3) is 0 Å². The normalized spacial score (nSPS) is 11.2. The lowest BCUT2D eigenvalue weighted by Crippen LogP contribution is -1.83. The van der Waals surface area contributed by atoms with Crippen LogP contribution in [0.4, 0.5) is 0 Å². The van der Waals surface area contributed by atoms with Gasteiger partial charge in [-0.25, -0.2) is 0 Å². The fourth-order valence-electron chi connectivity index (χ4n) is 2.48. The van der Waals surface area contributed by atoms with E-state index in [0.717, 1.165) is 39.9 Å². The van der Waals surface area contributed by atoms with E-state index in [4.69, 9.17) is 4.52 Å². The Kier molecular flexibility index (Phi) is 5.09. The minimum atomic E-state index is 0.825. The van der Waals surface area contributed by atoms with E-state index < -0.39 is 0 Å². The average molecular weight is 368 g/mol. The molecule has 2 nitrogen and oxygen atoms in total. The molecule has 3 rings (SSSR count). The van der Waals surface area contributed by atoms with Crippen molar-refractivity contribution in [3.8, 4) is 11.3 Å². The number of hydrogen-bond acceptors (Lipinski definition) is 2. The van der Waals surface area contributed by atoms with Crippen LogP contribution in [-0.4, -0.2) is 5.16 Å². The molecule has 0 radical (unpaired) electrons. The van der Waals surface area contributed by atoms with Crippen LogP contribution in [0.2, 0.25) is 0 Å². The summed E-state index contributed by atoms with van der Waals surface area (Å²) in [5, 5.41) is 4.11. The number of allylic oxidation sites excluding steroid dienone is 1. The molecule has 0 saturated carbocycles. The lowest BCUT2D eigenvalue weighted by Gasteiger charge is -1.99. The van der Waals surface area contributed by atoms with Crippen LogP contribution in [0, 0.1) is 6.92 Å². The van der Waals surface area contributed by atoms with Crippen molar-refractivity contribution >= 4 is 22.0 Å². The van der Waals surface area contributed by atoms with Crippen LogP contribution in [0.5, 0.6) is 0 Å². The molecule has 116 valence electrons. The van der Waals surface area contributed by atoms with Crippen molar-refractivity contribution in [1.29, 1.82) is 0 Å². The minimum Gasteiger partial charge on any atom is -0.355 e. The molecule has 0 N–H and O–H groups in total. The molecule has 1 aromatic heterocycles. The number of halogens is 1. The lowest BCUT2D eigenvalue weighted by molar-refractivity contribution is 0.427. The second kappa shape index (κ2) is 7.42. The van der Waals surface area contributed by atoms with Crippen LogP contribution in [0.3, 0.4) is 0 Å². The monoisotopic (exact) mass is 367 g/mol. The summed E-state index contributed by atoms with van der Waals surface area (Å²) in [6, 6.07) is 18.6. The number of hydrogen-bond donors (Lipinski definition) is 0. The average Bonchev–Trinajstić information content (AvgIpc) is 2.94. The van der Waals surface area contributed by atoms with Crippen LogP contribution in [-0.2, 0) is 6.42 Å². The molecular formula is C20H18BrNO. The quantitative estimate of drug-likeness (QED) is 0.547. The molecule has 1 heterocycles. The van der Waals surface area contributed by atoms with E-state index in [0.29, 0.717) is 0 Å². The summed E-state index contributed by atoms with van der Waals surface area (Å²) >= 11 is 3.45. The van der Waals surface area contributed by atoms with Crippen LogP contribution in [0.1, 0.15) is 23.2 Å². The van der Waals surface area contributed by atoms with Gasteiger partial charge in [-0.1, -0.05) is 63.6 Å². The summed E-state index contributed by atoms with van der Waals surface area (Å²) in [4.78, 5) is 0. The van der Waals surface area contributed by atoms with Gasteiger partial charge < -0.3 is 4.52 Å². The molecule has 3 aromatic rings. The van der Waals surface area contributed by atoms with Crippen LogP contribution in [0.15, 0.2) is 69.7 Å². The lowest BCUT2D eigenvalue weighted by atomic mass is 10.1. The first-order valence-electron chi connectivity index (χ1n) is 7.67. The van der Waals surface area contributed by atoms with Crippen molar-refractivity contribution in [2.45, 2.75) is 19.8 Å². The molecule has 23 heavy (non-hydrogen) atoms. The Morgan fingerprint density at radius 1 is 1.04 bits per heavy atom. The van der Waals surface area contributed by atoms with Crippen molar-refractivity contribution in [3.63, 3.8) is 0 Å². The predicted octanol–water partition coefficient (Wildman–Crippen LogP) is 6.06. The van der Waals surface area contributed by atoms with E-state index in [2.05, 4.69) is 57.5 Å². The molecule has 0 amide bonds. The smallest absolute Gasteiger partial charge is 0.174 e. The molecule has 0 saturated heterocycles. The Bertz CT molecular complexity index is 788. The Morgan fingerprint density at radius 3 is 2.52 bits per heavy atom. The van der Waals surface area contributed by atoms with Gasteiger partial charge in [-0.15, -0.1) is 0 Å². The number of aromatic nitrogens is 1. The zero-order valence-electron chi connectivity index (χ0n) is 13.0. The molecule has 0 aliphatic carbocycles. The maximum Gasteiger partial charge on any atom is 0.174 e. The summed E-state index contributed by atoms with van der Waals surface area (Å²) in [5.74, 6) is 0.825. The number of rotatable bonds is 5. The van der Waals surface area contributed by atoms with E-state index in [9.17, 15) is 0 Å². The molecular weight excluding hydrogens is 350 g/mol. The number of aryl methyl sites for hydroxylation is 2. The highest BCUT2D eigenvalue weighted by molar-refractivity contribution is 9.10. The SMILES string of the molecule is Cc1noc(-c2ccc(Br)cc2)c1/C=C/CCc1ccccc1. The fraction of sp³-hybridized carbons (Fsp3) is 0.150. The van der Waals surface area contributed by atoms with Gasteiger partial charge in [-0.05, 0) is 49.6 Å². The highest BCUT2D eigenvalue weighted by Gasteiger charge is 2.12. The molecule has 0 aliphatic rings. The molecule has 0 fully saturated rings. The van der Waals surface area contributed by atoms with Gasteiger partial charge in [-0.3, -0.25) is 0 Å². The van der Waals surface area contributed by atoms with Crippen molar-refractivity contribution in [1.82, 2.24) is 5.16 Å². The molecule has 0 unspecified atom stereocenters. The third kappa shape index (κ3) is 3.99. The third-order valence-corrected chi connectivity index (χ3v) is 4.27. The van der Waals surface area contributed by atoms with Crippen LogP contribution >= 0.6 is 15.9 Å². The molecule has 2 aromatic carbocycles. The van der Waals surface area contributed by atoms with E-state index in [1.165, 1.54) is 5.56 Å². The topological polar surface area (TPSA) is 26.0 Å². The summed E-state index contributed by atoms with van der Waals surface area (Å²) in [7, 11) is 0. The van der Waals surface area contributed by atoms with E-state index in [-0.39, 0.29) is 0 Å². The van der Waals surface area contributed by atoms with Gasteiger partial charge in [0.2, 0.25) is 0 Å². The standard InChI is InChI=1S/C20H18BrNO/c1-15-19(10-6-5-9-16-7-3-2-4-8-16)20(23-22-15)17-11-13-18(21)14-12-17/h2-4,6-8,10-14H,5,9H2,1H3/b10-6+. The van der Waals surface area contributed by atoms with Gasteiger partial charge in [0, 0.05) is 15.6 Å². The Balaban J connectivity index is 1.74. The summed E-state index contributed by atoms with van der Waals surface area (Å²) in [5.41, 5.74) is 4.36. The molecule has 3 heteroatoms. The van der Waals surface area contributed by atoms with E-state index in [1.807, 2.05) is 37.3 Å². The molecule has 0 bridgehead atoms. The maximum atomic E-state index is 5.52. The fourth-order valence-corrected chi connectivity index (χ4v) is 2.74. The molecule has 0 aliphatic heterocycles. The first kappa shape index (κ1) is 15.8. The molecule has 0 spiro atoms. The first-order chi connectivity index (χ1) is 11.2. The van der Waals surface area contributed by atoms with Crippen molar-refractivity contribution in [2.24, 2.45) is 0 Å². The third-order valence-electron chi connectivity index (χ3n) is 3.74. The molecule has 0 atom stereocenters. The van der Waals surface area contributed by atoms with Gasteiger partial charge in [-0.2, -0.15) is 0 Å². The number of benzene rings is 2. The van der Waals surface area contributed by atoms with Gasteiger partial charge in [0.15, 0.2) is 5.76 Å². The van der Waals surface area contributed by atoms with Gasteiger partial charge in [0.1, 0.15) is 0 Å². The second-order valence-electron chi connectivity index (χ2n) is 5.44. The van der Waals surface area contributed by atoms with E-state index in [1.54, 1.807) is 0 Å². The highest BCUT2D eigenvalue weighted by atomic mass is 79.9. The van der Waals surface area contributed by atoms with Gasteiger partial charge >= 0.3 is 0 Å². The van der Waals surface area contributed by atoms with Crippen molar-refractivity contribution in [2.75, 3.05) is 0 Å². The largest absolute Gasteiger partial charge is 0.355 e. The predicted molar refractivity (Wildman–Crippen MR) is 98.2 cm³/mol. The Morgan fingerprint density at radius 2 is 1.78 bits per heavy atom. The van der Waals surface area contributed by atoms with E-state index >= 15 is 0 Å². The summed E-state index contributed by atoms with van der Waals surface area (Å²) in [6.07, 6.45) is 6.34.